The number of anilines is 2. The number of benzene rings is 2. The van der Waals surface area contributed by atoms with Crippen molar-refractivity contribution in [2.45, 2.75) is 18.7 Å². The lowest BCUT2D eigenvalue weighted by Gasteiger charge is -2.11. The molecule has 1 aromatic heterocycles. The van der Waals surface area contributed by atoms with Gasteiger partial charge in [-0.1, -0.05) is 19.9 Å². The number of thiazole rings is 1. The van der Waals surface area contributed by atoms with Gasteiger partial charge in [-0.15, -0.1) is 11.3 Å². The van der Waals surface area contributed by atoms with Crippen molar-refractivity contribution in [3.63, 3.8) is 0 Å². The van der Waals surface area contributed by atoms with Crippen LogP contribution in [0.15, 0.2) is 65.0 Å². The molecule has 9 heteroatoms. The molecule has 0 atom stereocenters. The second kappa shape index (κ2) is 9.06. The number of carbonyl (C=O) groups excluding carboxylic acids is 1. The molecular formula is C20H21N3O4S2. The van der Waals surface area contributed by atoms with Gasteiger partial charge in [0.1, 0.15) is 5.75 Å². The number of ether oxygens (including phenoxy) is 1. The molecule has 0 saturated heterocycles. The molecule has 0 saturated carbocycles. The molecule has 0 unspecified atom stereocenters. The summed E-state index contributed by atoms with van der Waals surface area (Å²) < 4.78 is 32.8. The number of nitrogens with zero attached hydrogens (tertiary/aromatic N) is 1. The number of rotatable bonds is 8. The van der Waals surface area contributed by atoms with Crippen molar-refractivity contribution in [3.8, 4) is 5.75 Å². The Kier molecular flexibility index (Phi) is 6.50. The third-order valence-electron chi connectivity index (χ3n) is 3.76. The first kappa shape index (κ1) is 20.8. The fourth-order valence-electron chi connectivity index (χ4n) is 2.36. The number of carbonyl (C=O) groups is 1. The van der Waals surface area contributed by atoms with Crippen LogP contribution in [0.5, 0.6) is 5.75 Å². The van der Waals surface area contributed by atoms with Gasteiger partial charge in [-0.3, -0.25) is 9.52 Å². The van der Waals surface area contributed by atoms with E-state index in [1.54, 1.807) is 29.6 Å². The van der Waals surface area contributed by atoms with E-state index in [2.05, 4.69) is 15.0 Å². The second-order valence-electron chi connectivity index (χ2n) is 6.65. The van der Waals surface area contributed by atoms with Crippen molar-refractivity contribution in [2.75, 3.05) is 16.6 Å². The van der Waals surface area contributed by atoms with Crippen LogP contribution in [0.4, 0.5) is 10.8 Å². The van der Waals surface area contributed by atoms with E-state index in [1.165, 1.54) is 41.8 Å². The van der Waals surface area contributed by atoms with E-state index in [1.807, 2.05) is 13.8 Å². The van der Waals surface area contributed by atoms with Gasteiger partial charge in [0.2, 0.25) is 0 Å². The molecule has 2 N–H and O–H groups in total. The molecule has 0 aliphatic carbocycles. The minimum atomic E-state index is -3.73. The Labute approximate surface area is 173 Å². The lowest BCUT2D eigenvalue weighted by atomic mass is 10.2. The third-order valence-corrected chi connectivity index (χ3v) is 5.93. The SMILES string of the molecule is CC(C)COc1cccc(C(=O)Nc2ccc(S(=O)(=O)Nc3nccs3)cc2)c1. The number of aromatic nitrogens is 1. The zero-order valence-electron chi connectivity index (χ0n) is 16.0. The Bertz CT molecular complexity index is 1060. The molecule has 0 aliphatic heterocycles. The predicted molar refractivity (Wildman–Crippen MR) is 114 cm³/mol. The molecule has 1 heterocycles. The zero-order chi connectivity index (χ0) is 20.9. The van der Waals surface area contributed by atoms with Crippen molar-refractivity contribution in [1.82, 2.24) is 4.98 Å². The van der Waals surface area contributed by atoms with E-state index in [0.717, 1.165) is 0 Å². The van der Waals surface area contributed by atoms with E-state index < -0.39 is 10.0 Å². The molecule has 0 radical (unpaired) electrons. The molecule has 0 spiro atoms. The summed E-state index contributed by atoms with van der Waals surface area (Å²) in [5.41, 5.74) is 0.935. The lowest BCUT2D eigenvalue weighted by molar-refractivity contribution is 0.102. The Morgan fingerprint density at radius 2 is 1.93 bits per heavy atom. The van der Waals surface area contributed by atoms with Crippen LogP contribution in [0.1, 0.15) is 24.2 Å². The van der Waals surface area contributed by atoms with Crippen molar-refractivity contribution in [2.24, 2.45) is 5.92 Å². The molecule has 2 aromatic carbocycles. The highest BCUT2D eigenvalue weighted by Crippen LogP contribution is 2.20. The first-order valence-electron chi connectivity index (χ1n) is 8.90. The molecule has 0 aliphatic rings. The number of hydrogen-bond donors (Lipinski definition) is 2. The summed E-state index contributed by atoms with van der Waals surface area (Å²) in [6.45, 7) is 4.66. The summed E-state index contributed by atoms with van der Waals surface area (Å²) in [6.07, 6.45) is 1.52. The van der Waals surface area contributed by atoms with Crippen LogP contribution in [0.2, 0.25) is 0 Å². The normalized spacial score (nSPS) is 11.3. The number of sulfonamides is 1. The summed E-state index contributed by atoms with van der Waals surface area (Å²) in [7, 11) is -3.73. The highest BCUT2D eigenvalue weighted by molar-refractivity contribution is 7.93. The van der Waals surface area contributed by atoms with Gasteiger partial charge < -0.3 is 10.1 Å². The molecule has 3 aromatic rings. The number of amides is 1. The molecule has 29 heavy (non-hydrogen) atoms. The van der Waals surface area contributed by atoms with Gasteiger partial charge in [0.15, 0.2) is 5.13 Å². The summed E-state index contributed by atoms with van der Waals surface area (Å²) in [6, 6.07) is 12.8. The van der Waals surface area contributed by atoms with Crippen LogP contribution in [-0.2, 0) is 10.0 Å². The zero-order valence-corrected chi connectivity index (χ0v) is 17.6. The molecule has 1 amide bonds. The highest BCUT2D eigenvalue weighted by Gasteiger charge is 2.16. The number of nitrogens with one attached hydrogen (secondary N) is 2. The van der Waals surface area contributed by atoms with E-state index >= 15 is 0 Å². The minimum absolute atomic E-state index is 0.0785. The Balaban J connectivity index is 1.66. The average molecular weight is 432 g/mol. The van der Waals surface area contributed by atoms with Gasteiger partial charge >= 0.3 is 0 Å². The lowest BCUT2D eigenvalue weighted by Crippen LogP contribution is -2.14. The minimum Gasteiger partial charge on any atom is -0.493 e. The third kappa shape index (κ3) is 5.78. The smallest absolute Gasteiger partial charge is 0.263 e. The second-order valence-corrected chi connectivity index (χ2v) is 9.23. The van der Waals surface area contributed by atoms with Crippen molar-refractivity contribution in [3.05, 3.63) is 65.7 Å². The van der Waals surface area contributed by atoms with Crippen LogP contribution in [0, 0.1) is 5.92 Å². The fraction of sp³-hybridized carbons (Fsp3) is 0.200. The topological polar surface area (TPSA) is 97.4 Å². The summed E-state index contributed by atoms with van der Waals surface area (Å²) >= 11 is 1.19. The molecule has 7 nitrogen and oxygen atoms in total. The molecule has 3 rings (SSSR count). The van der Waals surface area contributed by atoms with E-state index in [-0.39, 0.29) is 10.8 Å². The molecular weight excluding hydrogens is 410 g/mol. The maximum Gasteiger partial charge on any atom is 0.263 e. The highest BCUT2D eigenvalue weighted by atomic mass is 32.2. The van der Waals surface area contributed by atoms with Crippen LogP contribution in [0.3, 0.4) is 0 Å². The summed E-state index contributed by atoms with van der Waals surface area (Å²) in [5.74, 6) is 0.699. The maximum atomic E-state index is 12.5. The standard InChI is InChI=1S/C20H21N3O4S2/c1-14(2)13-27-17-5-3-4-15(12-17)19(24)22-16-6-8-18(9-7-16)29(25,26)23-20-21-10-11-28-20/h3-12,14H,13H2,1-2H3,(H,21,23)(H,22,24). The van der Waals surface area contributed by atoms with Crippen LogP contribution in [-0.4, -0.2) is 25.9 Å². The van der Waals surface area contributed by atoms with E-state index in [4.69, 9.17) is 4.74 Å². The van der Waals surface area contributed by atoms with Crippen molar-refractivity contribution >= 4 is 38.1 Å². The fourth-order valence-corrected chi connectivity index (χ4v) is 4.15. The van der Waals surface area contributed by atoms with Gasteiger partial charge in [0.25, 0.3) is 15.9 Å². The Morgan fingerprint density at radius 3 is 2.59 bits per heavy atom. The molecule has 0 bridgehead atoms. The summed E-state index contributed by atoms with van der Waals surface area (Å²) in [5, 5.41) is 4.73. The Morgan fingerprint density at radius 1 is 1.17 bits per heavy atom. The first-order valence-corrected chi connectivity index (χ1v) is 11.3. The molecule has 152 valence electrons. The van der Waals surface area contributed by atoms with Crippen LogP contribution in [0.25, 0.3) is 0 Å². The maximum absolute atomic E-state index is 12.5. The largest absolute Gasteiger partial charge is 0.493 e. The van der Waals surface area contributed by atoms with E-state index in [0.29, 0.717) is 34.7 Å². The first-order chi connectivity index (χ1) is 13.8. The van der Waals surface area contributed by atoms with Crippen LogP contribution < -0.4 is 14.8 Å². The van der Waals surface area contributed by atoms with Gasteiger partial charge in [-0.25, -0.2) is 13.4 Å². The van der Waals surface area contributed by atoms with Gasteiger partial charge in [0, 0.05) is 22.8 Å². The number of hydrogen-bond acceptors (Lipinski definition) is 6. The van der Waals surface area contributed by atoms with Crippen LogP contribution >= 0.6 is 11.3 Å². The van der Waals surface area contributed by atoms with Gasteiger partial charge in [-0.2, -0.15) is 0 Å². The average Bonchev–Trinajstić information content (AvgIpc) is 3.19. The van der Waals surface area contributed by atoms with Crippen molar-refractivity contribution in [1.29, 1.82) is 0 Å². The van der Waals surface area contributed by atoms with E-state index in [9.17, 15) is 13.2 Å². The van der Waals surface area contributed by atoms with Gasteiger partial charge in [-0.05, 0) is 48.4 Å². The predicted octanol–water partition coefficient (Wildman–Crippen LogP) is 4.23. The monoisotopic (exact) mass is 431 g/mol. The Hall–Kier alpha value is -2.91. The molecule has 0 fully saturated rings. The van der Waals surface area contributed by atoms with Crippen molar-refractivity contribution < 1.29 is 17.9 Å². The van der Waals surface area contributed by atoms with Gasteiger partial charge in [0.05, 0.1) is 11.5 Å². The summed E-state index contributed by atoms with van der Waals surface area (Å²) in [4.78, 5) is 16.5. The quantitative estimate of drug-likeness (QED) is 0.556.